The quantitative estimate of drug-likeness (QED) is 0.267. The molecule has 5 rings (SSSR count). The van der Waals surface area contributed by atoms with Gasteiger partial charge in [-0.1, -0.05) is 36.4 Å². The molecule has 1 aliphatic heterocycles. The summed E-state index contributed by atoms with van der Waals surface area (Å²) in [6.45, 7) is 0. The van der Waals surface area contributed by atoms with Crippen LogP contribution in [0, 0.1) is 62.8 Å². The second-order valence-corrected chi connectivity index (χ2v) is 8.16. The van der Waals surface area contributed by atoms with Crippen molar-refractivity contribution in [3.05, 3.63) is 101 Å². The molecule has 0 spiro atoms. The molecule has 190 valence electrons. The molecular formula is C30H12F3N5O2. The second kappa shape index (κ2) is 10.3. The molecule has 1 heterocycles. The number of hydrogen-bond donors (Lipinski definition) is 0. The maximum absolute atomic E-state index is 15.8. The number of rotatable bonds is 3. The predicted octanol–water partition coefficient (Wildman–Crippen LogP) is 5.87. The molecule has 7 nitrogen and oxygen atoms in total. The lowest BCUT2D eigenvalue weighted by Crippen LogP contribution is -2.29. The Kier molecular flexibility index (Phi) is 6.52. The molecule has 0 aromatic heterocycles. The van der Waals surface area contributed by atoms with Gasteiger partial charge >= 0.3 is 0 Å². The van der Waals surface area contributed by atoms with Crippen LogP contribution in [0.25, 0.3) is 11.1 Å². The van der Waals surface area contributed by atoms with E-state index in [0.717, 1.165) is 0 Å². The summed E-state index contributed by atoms with van der Waals surface area (Å²) in [7, 11) is 0. The van der Waals surface area contributed by atoms with E-state index in [1.807, 2.05) is 0 Å². The first-order chi connectivity index (χ1) is 19.4. The van der Waals surface area contributed by atoms with Crippen LogP contribution in [-0.2, 0) is 0 Å². The number of hydrogen-bond acceptors (Lipinski definition) is 7. The minimum absolute atomic E-state index is 0.0863. The molecule has 0 N–H and O–H groups in total. The molecule has 0 saturated carbocycles. The predicted molar refractivity (Wildman–Crippen MR) is 136 cm³/mol. The average molecular weight is 531 g/mol. The Morgan fingerprint density at radius 2 is 1.05 bits per heavy atom. The van der Waals surface area contributed by atoms with E-state index in [0.29, 0.717) is 28.6 Å². The van der Waals surface area contributed by atoms with Crippen molar-refractivity contribution in [1.82, 2.24) is 0 Å². The Hall–Kier alpha value is -6.23. The largest absolute Gasteiger partial charge is 0.453 e. The van der Waals surface area contributed by atoms with Crippen molar-refractivity contribution in [2.45, 2.75) is 0 Å². The number of fused-ring (bicyclic) bond motifs is 2. The lowest BCUT2D eigenvalue weighted by atomic mass is 10.1. The van der Waals surface area contributed by atoms with Gasteiger partial charge in [0.15, 0.2) is 40.4 Å². The minimum Gasteiger partial charge on any atom is -0.453 e. The van der Waals surface area contributed by atoms with Gasteiger partial charge in [0, 0.05) is 0 Å². The van der Waals surface area contributed by atoms with Crippen molar-refractivity contribution < 1.29 is 22.6 Å². The minimum atomic E-state index is -1.91. The van der Waals surface area contributed by atoms with Crippen LogP contribution in [0.2, 0.25) is 0 Å². The molecule has 4 aromatic rings. The van der Waals surface area contributed by atoms with Crippen molar-refractivity contribution in [3.8, 4) is 47.3 Å². The molecule has 0 amide bonds. The second-order valence-electron chi connectivity index (χ2n) is 8.16. The maximum Gasteiger partial charge on any atom is 0.178 e. The fourth-order valence-electron chi connectivity index (χ4n) is 4.25. The van der Waals surface area contributed by atoms with Crippen LogP contribution < -0.4 is 24.8 Å². The molecule has 0 unspecified atom stereocenters. The Morgan fingerprint density at radius 1 is 0.600 bits per heavy atom. The van der Waals surface area contributed by atoms with Gasteiger partial charge in [-0.2, -0.15) is 21.0 Å². The molecule has 4 aromatic carbocycles. The van der Waals surface area contributed by atoms with Crippen molar-refractivity contribution >= 4 is 28.2 Å². The summed E-state index contributed by atoms with van der Waals surface area (Å²) >= 11 is 0. The number of halogens is 3. The topological polar surface area (TPSA) is 117 Å². The molecule has 0 bridgehead atoms. The summed E-state index contributed by atoms with van der Waals surface area (Å²) < 4.78 is 58.0. The first kappa shape index (κ1) is 25.4. The van der Waals surface area contributed by atoms with Crippen LogP contribution in [0.4, 0.5) is 30.2 Å². The normalized spacial score (nSPS) is 10.9. The van der Waals surface area contributed by atoms with Crippen molar-refractivity contribution in [2.24, 2.45) is 0 Å². The van der Waals surface area contributed by atoms with Gasteiger partial charge in [-0.15, -0.1) is 0 Å². The van der Waals surface area contributed by atoms with E-state index >= 15 is 8.78 Å². The van der Waals surface area contributed by atoms with Crippen LogP contribution in [0.15, 0.2) is 72.8 Å². The monoisotopic (exact) mass is 531 g/mol. The van der Waals surface area contributed by atoms with E-state index in [2.05, 4.69) is 0 Å². The van der Waals surface area contributed by atoms with Crippen LogP contribution >= 0.6 is 0 Å². The van der Waals surface area contributed by atoms with E-state index in [1.54, 1.807) is 65.6 Å². The zero-order valence-corrected chi connectivity index (χ0v) is 20.1. The summed E-state index contributed by atoms with van der Waals surface area (Å²) in [5, 5.41) is 34.9. The van der Waals surface area contributed by atoms with Gasteiger partial charge in [-0.3, -0.25) is 4.90 Å². The number of anilines is 3. The smallest absolute Gasteiger partial charge is 0.178 e. The summed E-state index contributed by atoms with van der Waals surface area (Å²) in [4.78, 5) is 1.74. The highest BCUT2D eigenvalue weighted by atomic mass is 19.2. The number of para-hydroxylation sites is 6. The standard InChI is InChI=1S/C30H12F3N5O2/c31-27-25(17(13-34)14-35)29(33)30(26(28(27)32)18(15-36)16-37)40-24-12-6-3-9-21(24)38-19-7-1-4-10-22(19)39-23-11-5-2-8-20(23)38/h1-12H. The van der Waals surface area contributed by atoms with Gasteiger partial charge in [0.2, 0.25) is 0 Å². The Bertz CT molecular complexity index is 1940. The van der Waals surface area contributed by atoms with E-state index in [1.165, 1.54) is 36.4 Å². The fourth-order valence-corrected chi connectivity index (χ4v) is 4.25. The third kappa shape index (κ3) is 4.00. The van der Waals surface area contributed by atoms with Gasteiger partial charge in [0.25, 0.3) is 0 Å². The lowest BCUT2D eigenvalue weighted by Gasteiger charge is -2.33. The van der Waals surface area contributed by atoms with Gasteiger partial charge in [0.05, 0.1) is 27.5 Å². The SMILES string of the molecule is N#CC(C#N)=c1c(F)c(F)c(=C(C#N)C#N)c(Oc2ccccc2N2c3ccccc3Oc3ccccc32)c1F. The molecule has 0 atom stereocenters. The first-order valence-electron chi connectivity index (χ1n) is 11.4. The van der Waals surface area contributed by atoms with E-state index in [9.17, 15) is 25.4 Å². The maximum atomic E-state index is 15.8. The van der Waals surface area contributed by atoms with Crippen LogP contribution in [0.5, 0.6) is 23.0 Å². The highest BCUT2D eigenvalue weighted by molar-refractivity contribution is 5.88. The van der Waals surface area contributed by atoms with E-state index in [4.69, 9.17) is 9.47 Å². The van der Waals surface area contributed by atoms with E-state index in [-0.39, 0.29) is 5.75 Å². The molecule has 0 saturated heterocycles. The highest BCUT2D eigenvalue weighted by Crippen LogP contribution is 2.52. The van der Waals surface area contributed by atoms with Gasteiger partial charge < -0.3 is 9.47 Å². The summed E-state index contributed by atoms with van der Waals surface area (Å²) in [5.74, 6) is -5.52. The van der Waals surface area contributed by atoms with Crippen molar-refractivity contribution in [1.29, 1.82) is 21.0 Å². The average Bonchev–Trinajstić information content (AvgIpc) is 2.99. The number of benzene rings is 4. The highest BCUT2D eigenvalue weighted by Gasteiger charge is 2.29. The number of nitriles is 4. The van der Waals surface area contributed by atoms with Crippen LogP contribution in [-0.4, -0.2) is 0 Å². The van der Waals surface area contributed by atoms with Gasteiger partial charge in [0.1, 0.15) is 35.4 Å². The van der Waals surface area contributed by atoms with Crippen LogP contribution in [0.1, 0.15) is 0 Å². The van der Waals surface area contributed by atoms with Gasteiger partial charge in [-0.05, 0) is 36.4 Å². The molecular weight excluding hydrogens is 519 g/mol. The van der Waals surface area contributed by atoms with Gasteiger partial charge in [-0.25, -0.2) is 13.2 Å². The summed E-state index contributed by atoms with van der Waals surface area (Å²) in [6.07, 6.45) is 0. The molecule has 40 heavy (non-hydrogen) atoms. The third-order valence-electron chi connectivity index (χ3n) is 5.98. The Balaban J connectivity index is 1.84. The van der Waals surface area contributed by atoms with Crippen LogP contribution in [0.3, 0.4) is 0 Å². The third-order valence-corrected chi connectivity index (χ3v) is 5.98. The Morgan fingerprint density at radius 3 is 1.60 bits per heavy atom. The number of ether oxygens (including phenoxy) is 2. The first-order valence-corrected chi connectivity index (χ1v) is 11.4. The summed E-state index contributed by atoms with van der Waals surface area (Å²) in [5.41, 5.74) is -0.580. The molecule has 0 radical (unpaired) electrons. The number of nitrogens with zero attached hydrogens (tertiary/aromatic N) is 5. The molecule has 0 aliphatic carbocycles. The molecule has 1 aliphatic rings. The zero-order chi connectivity index (χ0) is 28.4. The van der Waals surface area contributed by atoms with Crippen molar-refractivity contribution in [3.63, 3.8) is 0 Å². The fraction of sp³-hybridized carbons (Fsp3) is 0. The van der Waals surface area contributed by atoms with E-state index < -0.39 is 44.8 Å². The summed E-state index contributed by atoms with van der Waals surface area (Å²) in [6, 6.07) is 25.8. The molecule has 0 fully saturated rings. The molecule has 10 heteroatoms. The van der Waals surface area contributed by atoms with Crippen molar-refractivity contribution in [2.75, 3.05) is 4.90 Å². The Labute approximate surface area is 224 Å². The zero-order valence-electron chi connectivity index (χ0n) is 20.1. The lowest BCUT2D eigenvalue weighted by molar-refractivity contribution is 0.409.